The maximum Gasteiger partial charge on any atom is 0.326 e. The Morgan fingerprint density at radius 2 is 2.28 bits per heavy atom. The van der Waals surface area contributed by atoms with E-state index in [-0.39, 0.29) is 5.76 Å². The third-order valence-electron chi connectivity index (χ3n) is 2.24. The van der Waals surface area contributed by atoms with Gasteiger partial charge in [0.1, 0.15) is 6.04 Å². The lowest BCUT2D eigenvalue weighted by Crippen LogP contribution is -2.40. The summed E-state index contributed by atoms with van der Waals surface area (Å²) < 4.78 is 10.3. The number of furan rings is 1. The smallest absolute Gasteiger partial charge is 0.326 e. The molecular formula is C11H14BrNO5. The molecule has 2 N–H and O–H groups in total. The van der Waals surface area contributed by atoms with Crippen molar-refractivity contribution in [2.45, 2.75) is 18.9 Å². The van der Waals surface area contributed by atoms with Gasteiger partial charge in [0.25, 0.3) is 5.91 Å². The number of halogens is 1. The second kappa shape index (κ2) is 7.17. The van der Waals surface area contributed by atoms with E-state index >= 15 is 0 Å². The number of hydrogen-bond acceptors (Lipinski definition) is 4. The Kier molecular flexibility index (Phi) is 5.87. The predicted octanol–water partition coefficient (Wildman–Crippen LogP) is 1.65. The fourth-order valence-corrected chi connectivity index (χ4v) is 1.66. The van der Waals surface area contributed by atoms with Crippen LogP contribution in [-0.2, 0) is 9.53 Å². The second-order valence-corrected chi connectivity index (χ2v) is 4.38. The van der Waals surface area contributed by atoms with E-state index in [0.717, 1.165) is 0 Å². The maximum absolute atomic E-state index is 11.7. The van der Waals surface area contributed by atoms with Gasteiger partial charge in [-0.2, -0.15) is 0 Å². The van der Waals surface area contributed by atoms with E-state index in [0.29, 0.717) is 24.1 Å². The van der Waals surface area contributed by atoms with E-state index in [4.69, 9.17) is 14.3 Å². The molecule has 0 radical (unpaired) electrons. The first-order valence-electron chi connectivity index (χ1n) is 5.32. The van der Waals surface area contributed by atoms with Crippen molar-refractivity contribution in [3.05, 3.63) is 22.6 Å². The van der Waals surface area contributed by atoms with Crippen LogP contribution in [0.2, 0.25) is 0 Å². The zero-order chi connectivity index (χ0) is 13.5. The first-order chi connectivity index (χ1) is 8.54. The summed E-state index contributed by atoms with van der Waals surface area (Å²) in [5.41, 5.74) is 0. The van der Waals surface area contributed by atoms with E-state index in [1.54, 1.807) is 6.07 Å². The normalized spacial score (nSPS) is 12.1. The molecule has 1 amide bonds. The highest BCUT2D eigenvalue weighted by Gasteiger charge is 2.21. The minimum Gasteiger partial charge on any atom is -0.480 e. The van der Waals surface area contributed by atoms with Gasteiger partial charge in [0.05, 0.1) is 0 Å². The van der Waals surface area contributed by atoms with Crippen LogP contribution in [0.15, 0.2) is 21.2 Å². The first kappa shape index (κ1) is 14.7. The highest BCUT2D eigenvalue weighted by Crippen LogP contribution is 2.14. The number of ether oxygens (including phenoxy) is 1. The number of carboxylic acids is 1. The second-order valence-electron chi connectivity index (χ2n) is 3.60. The van der Waals surface area contributed by atoms with Crippen LogP contribution in [0, 0.1) is 0 Å². The van der Waals surface area contributed by atoms with Crippen LogP contribution < -0.4 is 5.32 Å². The van der Waals surface area contributed by atoms with Gasteiger partial charge < -0.3 is 19.6 Å². The molecule has 0 spiro atoms. The highest BCUT2D eigenvalue weighted by atomic mass is 79.9. The molecule has 6 nitrogen and oxygen atoms in total. The number of carboxylic acid groups (broad SMARTS) is 1. The van der Waals surface area contributed by atoms with Crippen molar-refractivity contribution in [1.29, 1.82) is 0 Å². The average molecular weight is 320 g/mol. The van der Waals surface area contributed by atoms with Crippen LogP contribution in [0.3, 0.4) is 0 Å². The van der Waals surface area contributed by atoms with E-state index in [9.17, 15) is 9.59 Å². The summed E-state index contributed by atoms with van der Waals surface area (Å²) in [6, 6.07) is 2.08. The van der Waals surface area contributed by atoms with Crippen molar-refractivity contribution in [1.82, 2.24) is 5.32 Å². The Balaban J connectivity index is 2.55. The summed E-state index contributed by atoms with van der Waals surface area (Å²) >= 11 is 3.07. The average Bonchev–Trinajstić information content (AvgIpc) is 2.74. The molecule has 0 aliphatic rings. The van der Waals surface area contributed by atoms with E-state index in [2.05, 4.69) is 21.2 Å². The highest BCUT2D eigenvalue weighted by molar-refractivity contribution is 9.10. The summed E-state index contributed by atoms with van der Waals surface area (Å²) in [5, 5.41) is 11.4. The number of aliphatic carboxylic acids is 1. The van der Waals surface area contributed by atoms with Crippen molar-refractivity contribution in [2.75, 3.05) is 13.7 Å². The molecule has 7 heteroatoms. The number of carbonyl (C=O) groups is 2. The van der Waals surface area contributed by atoms with Gasteiger partial charge >= 0.3 is 5.97 Å². The lowest BCUT2D eigenvalue weighted by atomic mass is 10.1. The summed E-state index contributed by atoms with van der Waals surface area (Å²) in [4.78, 5) is 22.7. The molecule has 1 atom stereocenters. The van der Waals surface area contributed by atoms with E-state index in [1.807, 2.05) is 0 Å². The Labute approximate surface area is 112 Å². The molecule has 1 aromatic heterocycles. The topological polar surface area (TPSA) is 88.8 Å². The quantitative estimate of drug-likeness (QED) is 0.746. The zero-order valence-corrected chi connectivity index (χ0v) is 11.4. The summed E-state index contributed by atoms with van der Waals surface area (Å²) in [5.74, 6) is -1.56. The predicted molar refractivity (Wildman–Crippen MR) is 66.4 cm³/mol. The molecule has 1 heterocycles. The molecule has 0 aliphatic carbocycles. The number of hydrogen-bond donors (Lipinski definition) is 2. The van der Waals surface area contributed by atoms with Crippen LogP contribution >= 0.6 is 15.9 Å². The minimum absolute atomic E-state index is 0.0693. The Morgan fingerprint density at radius 1 is 1.56 bits per heavy atom. The van der Waals surface area contributed by atoms with Crippen LogP contribution in [0.25, 0.3) is 0 Å². The van der Waals surface area contributed by atoms with Crippen LogP contribution in [-0.4, -0.2) is 36.7 Å². The van der Waals surface area contributed by atoms with Gasteiger partial charge in [-0.1, -0.05) is 0 Å². The molecule has 18 heavy (non-hydrogen) atoms. The monoisotopic (exact) mass is 319 g/mol. The number of carbonyl (C=O) groups excluding carboxylic acids is 1. The fraction of sp³-hybridized carbons (Fsp3) is 0.455. The van der Waals surface area contributed by atoms with Crippen LogP contribution in [0.4, 0.5) is 0 Å². The third kappa shape index (κ3) is 4.50. The Morgan fingerprint density at radius 3 is 2.78 bits per heavy atom. The Bertz CT molecular complexity index is 417. The van der Waals surface area contributed by atoms with Gasteiger partial charge in [-0.3, -0.25) is 4.79 Å². The number of nitrogens with one attached hydrogen (secondary N) is 1. The van der Waals surface area contributed by atoms with Crippen molar-refractivity contribution >= 4 is 27.8 Å². The van der Waals surface area contributed by atoms with Crippen LogP contribution in [0.1, 0.15) is 23.4 Å². The SMILES string of the molecule is COCCCC(NC(=O)c1ccc(Br)o1)C(=O)O. The molecule has 0 aliphatic heterocycles. The number of amides is 1. The fourth-order valence-electron chi connectivity index (χ4n) is 1.35. The van der Waals surface area contributed by atoms with E-state index < -0.39 is 17.9 Å². The van der Waals surface area contributed by atoms with Crippen molar-refractivity contribution in [2.24, 2.45) is 0 Å². The van der Waals surface area contributed by atoms with Crippen molar-refractivity contribution in [3.8, 4) is 0 Å². The van der Waals surface area contributed by atoms with Gasteiger partial charge in [0.2, 0.25) is 0 Å². The van der Waals surface area contributed by atoms with Gasteiger partial charge in [-0.25, -0.2) is 4.79 Å². The van der Waals surface area contributed by atoms with Gasteiger partial charge in [-0.05, 0) is 40.9 Å². The van der Waals surface area contributed by atoms with Crippen molar-refractivity contribution < 1.29 is 23.8 Å². The first-order valence-corrected chi connectivity index (χ1v) is 6.12. The molecule has 0 aromatic carbocycles. The standard InChI is InChI=1S/C11H14BrNO5/c1-17-6-2-3-7(11(15)16)13-10(14)8-4-5-9(12)18-8/h4-5,7H,2-3,6H2,1H3,(H,13,14)(H,15,16). The molecule has 1 rings (SSSR count). The number of rotatable bonds is 7. The third-order valence-corrected chi connectivity index (χ3v) is 2.67. The lowest BCUT2D eigenvalue weighted by molar-refractivity contribution is -0.139. The number of methoxy groups -OCH3 is 1. The molecule has 0 bridgehead atoms. The van der Waals surface area contributed by atoms with Crippen molar-refractivity contribution in [3.63, 3.8) is 0 Å². The van der Waals surface area contributed by atoms with E-state index in [1.165, 1.54) is 13.2 Å². The summed E-state index contributed by atoms with van der Waals surface area (Å²) in [7, 11) is 1.54. The molecule has 1 aromatic rings. The molecule has 0 fully saturated rings. The molecule has 0 saturated carbocycles. The molecule has 0 saturated heterocycles. The van der Waals surface area contributed by atoms with Gasteiger partial charge in [-0.15, -0.1) is 0 Å². The minimum atomic E-state index is -1.08. The molecule has 100 valence electrons. The maximum atomic E-state index is 11.7. The Hall–Kier alpha value is -1.34. The zero-order valence-electron chi connectivity index (χ0n) is 9.81. The molecular weight excluding hydrogens is 306 g/mol. The van der Waals surface area contributed by atoms with Gasteiger partial charge in [0, 0.05) is 13.7 Å². The largest absolute Gasteiger partial charge is 0.480 e. The van der Waals surface area contributed by atoms with Gasteiger partial charge in [0.15, 0.2) is 10.4 Å². The van der Waals surface area contributed by atoms with Crippen LogP contribution in [0.5, 0.6) is 0 Å². The lowest BCUT2D eigenvalue weighted by Gasteiger charge is -2.13. The molecule has 1 unspecified atom stereocenters. The summed E-state index contributed by atoms with van der Waals surface area (Å²) in [6.45, 7) is 0.450. The summed E-state index contributed by atoms with van der Waals surface area (Å²) in [6.07, 6.45) is 0.854.